The third-order valence-corrected chi connectivity index (χ3v) is 4.73. The Balaban J connectivity index is 1.68. The monoisotopic (exact) mass is 362 g/mol. The van der Waals surface area contributed by atoms with E-state index in [0.29, 0.717) is 11.5 Å². The van der Waals surface area contributed by atoms with Gasteiger partial charge >= 0.3 is 0 Å². The number of imidazole rings is 1. The molecule has 2 aromatic heterocycles. The second kappa shape index (κ2) is 6.53. The Hall–Kier alpha value is -4.17. The molecule has 2 heterocycles. The van der Waals surface area contributed by atoms with Gasteiger partial charge in [0.25, 0.3) is 0 Å². The Labute approximate surface area is 161 Å². The molecule has 0 saturated carbocycles. The first-order valence-corrected chi connectivity index (χ1v) is 8.81. The van der Waals surface area contributed by atoms with E-state index in [-0.39, 0.29) is 0 Å². The molecule has 0 aliphatic rings. The van der Waals surface area contributed by atoms with E-state index in [2.05, 4.69) is 16.0 Å². The van der Waals surface area contributed by atoms with Crippen LogP contribution in [0.4, 0.5) is 0 Å². The van der Waals surface area contributed by atoms with Gasteiger partial charge in [0.2, 0.25) is 5.89 Å². The maximum absolute atomic E-state index is 9.90. The van der Waals surface area contributed by atoms with Crippen LogP contribution >= 0.6 is 0 Å². The molecule has 0 radical (unpaired) electrons. The van der Waals surface area contributed by atoms with Crippen molar-refractivity contribution in [3.05, 3.63) is 91.1 Å². The number of aromatic nitrogens is 3. The van der Waals surface area contributed by atoms with Crippen molar-refractivity contribution < 1.29 is 4.42 Å². The van der Waals surface area contributed by atoms with Gasteiger partial charge in [0, 0.05) is 11.1 Å². The van der Waals surface area contributed by atoms with Crippen LogP contribution in [0, 0.1) is 11.3 Å². The number of nitriles is 1. The minimum atomic E-state index is 0.556. The maximum atomic E-state index is 9.90. The van der Waals surface area contributed by atoms with Gasteiger partial charge in [0.15, 0.2) is 0 Å². The number of rotatable bonds is 3. The van der Waals surface area contributed by atoms with Crippen molar-refractivity contribution in [1.29, 1.82) is 5.26 Å². The second-order valence-electron chi connectivity index (χ2n) is 6.33. The SMILES string of the molecule is N#Cc1c(-c2ccccc2)cccc1-n1cnc2cc(-c3ncco3)ccc21. The topological polar surface area (TPSA) is 67.6 Å². The second-order valence-corrected chi connectivity index (χ2v) is 6.33. The summed E-state index contributed by atoms with van der Waals surface area (Å²) in [6.45, 7) is 0. The average molecular weight is 362 g/mol. The van der Waals surface area contributed by atoms with Crippen molar-refractivity contribution in [2.24, 2.45) is 0 Å². The normalized spacial score (nSPS) is 10.8. The zero-order chi connectivity index (χ0) is 18.9. The number of fused-ring (bicyclic) bond motifs is 1. The number of hydrogen-bond acceptors (Lipinski definition) is 4. The van der Waals surface area contributed by atoms with Crippen LogP contribution in [0.5, 0.6) is 0 Å². The van der Waals surface area contributed by atoms with Crippen LogP contribution in [0.25, 0.3) is 39.3 Å². The fourth-order valence-electron chi connectivity index (χ4n) is 3.42. The van der Waals surface area contributed by atoms with Crippen LogP contribution in [0.3, 0.4) is 0 Å². The van der Waals surface area contributed by atoms with Crippen LogP contribution < -0.4 is 0 Å². The van der Waals surface area contributed by atoms with Crippen LogP contribution in [0.1, 0.15) is 5.56 Å². The fraction of sp³-hybridized carbons (Fsp3) is 0. The van der Waals surface area contributed by atoms with Crippen molar-refractivity contribution in [3.8, 4) is 34.3 Å². The summed E-state index contributed by atoms with van der Waals surface area (Å²) in [5.41, 5.74) is 5.92. The molecule has 0 fully saturated rings. The van der Waals surface area contributed by atoms with Gasteiger partial charge in [-0.2, -0.15) is 5.26 Å². The summed E-state index contributed by atoms with van der Waals surface area (Å²) < 4.78 is 7.32. The van der Waals surface area contributed by atoms with E-state index in [4.69, 9.17) is 4.42 Å². The van der Waals surface area contributed by atoms with Crippen molar-refractivity contribution in [3.63, 3.8) is 0 Å². The standard InChI is InChI=1S/C23H14N4O/c24-14-19-18(16-5-2-1-3-6-16)7-4-8-21(19)27-15-26-20-13-17(9-10-22(20)27)23-25-11-12-28-23/h1-13,15H. The molecule has 3 aromatic carbocycles. The molecule has 0 amide bonds. The number of nitrogens with zero attached hydrogens (tertiary/aromatic N) is 4. The quantitative estimate of drug-likeness (QED) is 0.441. The summed E-state index contributed by atoms with van der Waals surface area (Å²) in [7, 11) is 0. The van der Waals surface area contributed by atoms with Gasteiger partial charge in [0.05, 0.1) is 28.5 Å². The maximum Gasteiger partial charge on any atom is 0.225 e. The van der Waals surface area contributed by atoms with Crippen molar-refractivity contribution >= 4 is 11.0 Å². The van der Waals surface area contributed by atoms with Crippen LogP contribution in [0.2, 0.25) is 0 Å². The van der Waals surface area contributed by atoms with E-state index in [9.17, 15) is 5.26 Å². The summed E-state index contributed by atoms with van der Waals surface area (Å²) in [4.78, 5) is 8.71. The minimum Gasteiger partial charge on any atom is -0.445 e. The van der Waals surface area contributed by atoms with Crippen molar-refractivity contribution in [2.45, 2.75) is 0 Å². The molecule has 5 aromatic rings. The number of hydrogen-bond donors (Lipinski definition) is 0. The Morgan fingerprint density at radius 2 is 1.79 bits per heavy atom. The van der Waals surface area contributed by atoms with E-state index in [1.807, 2.05) is 71.3 Å². The van der Waals surface area contributed by atoms with Crippen molar-refractivity contribution in [1.82, 2.24) is 14.5 Å². The molecule has 0 spiro atoms. The third-order valence-electron chi connectivity index (χ3n) is 4.73. The molecule has 0 atom stereocenters. The lowest BCUT2D eigenvalue weighted by molar-refractivity contribution is 0.574. The van der Waals surface area contributed by atoms with E-state index in [0.717, 1.165) is 33.4 Å². The highest BCUT2D eigenvalue weighted by molar-refractivity contribution is 5.84. The highest BCUT2D eigenvalue weighted by Crippen LogP contribution is 2.30. The predicted molar refractivity (Wildman–Crippen MR) is 107 cm³/mol. The van der Waals surface area contributed by atoms with Gasteiger partial charge in [-0.25, -0.2) is 9.97 Å². The first kappa shape index (κ1) is 16.0. The molecule has 28 heavy (non-hydrogen) atoms. The van der Waals surface area contributed by atoms with Gasteiger partial charge in [-0.1, -0.05) is 42.5 Å². The molecular weight excluding hydrogens is 348 g/mol. The molecule has 0 unspecified atom stereocenters. The Morgan fingerprint density at radius 3 is 2.57 bits per heavy atom. The van der Waals surface area contributed by atoms with E-state index >= 15 is 0 Å². The lowest BCUT2D eigenvalue weighted by Gasteiger charge is -2.11. The molecule has 132 valence electrons. The molecular formula is C23H14N4O. The summed E-state index contributed by atoms with van der Waals surface area (Å²) >= 11 is 0. The number of oxazole rings is 1. The zero-order valence-electron chi connectivity index (χ0n) is 14.8. The van der Waals surface area contributed by atoms with Gasteiger partial charge in [-0.15, -0.1) is 0 Å². The lowest BCUT2D eigenvalue weighted by Crippen LogP contribution is -1.98. The molecule has 0 bridgehead atoms. The van der Waals surface area contributed by atoms with E-state index < -0.39 is 0 Å². The molecule has 0 aliphatic heterocycles. The lowest BCUT2D eigenvalue weighted by atomic mass is 9.99. The highest BCUT2D eigenvalue weighted by Gasteiger charge is 2.14. The smallest absolute Gasteiger partial charge is 0.225 e. The molecule has 0 N–H and O–H groups in total. The largest absolute Gasteiger partial charge is 0.445 e. The summed E-state index contributed by atoms with van der Waals surface area (Å²) in [5.74, 6) is 0.556. The Bertz CT molecular complexity index is 1310. The summed E-state index contributed by atoms with van der Waals surface area (Å²) in [6.07, 6.45) is 4.91. The minimum absolute atomic E-state index is 0.556. The Morgan fingerprint density at radius 1 is 0.893 bits per heavy atom. The van der Waals surface area contributed by atoms with E-state index in [1.54, 1.807) is 18.8 Å². The van der Waals surface area contributed by atoms with Crippen LogP contribution in [-0.2, 0) is 0 Å². The highest BCUT2D eigenvalue weighted by atomic mass is 16.3. The Kier molecular flexibility index (Phi) is 3.74. The van der Waals surface area contributed by atoms with Crippen LogP contribution in [0.15, 0.2) is 89.9 Å². The molecule has 5 nitrogen and oxygen atoms in total. The molecule has 0 aliphatic carbocycles. The first-order chi connectivity index (χ1) is 13.8. The molecule has 5 rings (SSSR count). The predicted octanol–water partition coefficient (Wildman–Crippen LogP) is 5.22. The van der Waals surface area contributed by atoms with Gasteiger partial charge in [-0.3, -0.25) is 4.57 Å². The fourth-order valence-corrected chi connectivity index (χ4v) is 3.42. The van der Waals surface area contributed by atoms with Gasteiger partial charge < -0.3 is 4.42 Å². The summed E-state index contributed by atoms with van der Waals surface area (Å²) in [6, 6.07) is 24.0. The average Bonchev–Trinajstić information content (AvgIpc) is 3.43. The summed E-state index contributed by atoms with van der Waals surface area (Å²) in [5, 5.41) is 9.90. The third kappa shape index (κ3) is 2.56. The van der Waals surface area contributed by atoms with Gasteiger partial charge in [0.1, 0.15) is 18.7 Å². The van der Waals surface area contributed by atoms with Gasteiger partial charge in [-0.05, 0) is 29.8 Å². The molecule has 5 heteroatoms. The zero-order valence-corrected chi connectivity index (χ0v) is 14.8. The number of benzene rings is 3. The van der Waals surface area contributed by atoms with Crippen molar-refractivity contribution in [2.75, 3.05) is 0 Å². The first-order valence-electron chi connectivity index (χ1n) is 8.81. The molecule has 0 saturated heterocycles. The van der Waals surface area contributed by atoms with Crippen LogP contribution in [-0.4, -0.2) is 14.5 Å². The van der Waals surface area contributed by atoms with E-state index in [1.165, 1.54) is 0 Å².